The van der Waals surface area contributed by atoms with Gasteiger partial charge in [0.05, 0.1) is 4.90 Å². The van der Waals surface area contributed by atoms with Crippen molar-refractivity contribution >= 4 is 38.9 Å². The van der Waals surface area contributed by atoms with E-state index < -0.39 is 10.0 Å². The molecule has 1 aliphatic heterocycles. The Balaban J connectivity index is 1.30. The molecule has 1 aliphatic rings. The maximum atomic E-state index is 12.8. The van der Waals surface area contributed by atoms with Crippen LogP contribution in [0.3, 0.4) is 0 Å². The molecule has 2 N–H and O–H groups in total. The van der Waals surface area contributed by atoms with Crippen molar-refractivity contribution in [3.8, 4) is 0 Å². The minimum Gasteiger partial charge on any atom is -0.326 e. The van der Waals surface area contributed by atoms with Gasteiger partial charge in [-0.1, -0.05) is 35.9 Å². The molecule has 0 unspecified atom stereocenters. The van der Waals surface area contributed by atoms with Gasteiger partial charge in [0, 0.05) is 28.9 Å². The summed E-state index contributed by atoms with van der Waals surface area (Å²) in [6.07, 6.45) is 1.60. The Morgan fingerprint density at radius 1 is 0.941 bits per heavy atom. The average Bonchev–Trinajstić information content (AvgIpc) is 2.83. The summed E-state index contributed by atoms with van der Waals surface area (Å²) in [4.78, 5) is 15.3. The first-order valence-corrected chi connectivity index (χ1v) is 13.1. The fraction of sp³-hybridized carbons (Fsp3) is 0.269. The molecular formula is C26H28ClN3O3S. The second-order valence-corrected chi connectivity index (χ2v) is 10.7. The third-order valence-electron chi connectivity index (χ3n) is 6.14. The normalized spacial score (nSPS) is 15.1. The molecule has 3 aromatic carbocycles. The van der Waals surface area contributed by atoms with Gasteiger partial charge in [0.1, 0.15) is 0 Å². The Hall–Kier alpha value is -2.87. The first-order chi connectivity index (χ1) is 16.3. The number of carbonyl (C=O) groups is 1. The molecule has 1 saturated heterocycles. The SMILES string of the molecule is Cc1ccccc1CN1CCC(C(=O)Nc2ccc(S(=O)(=O)Nc3ccc(Cl)cc3)cc2)CC1. The zero-order valence-corrected chi connectivity index (χ0v) is 20.6. The summed E-state index contributed by atoms with van der Waals surface area (Å²) in [7, 11) is -3.74. The summed E-state index contributed by atoms with van der Waals surface area (Å²) in [6, 6.07) is 21.0. The molecule has 0 bridgehead atoms. The zero-order chi connectivity index (χ0) is 24.1. The van der Waals surface area contributed by atoms with E-state index in [1.165, 1.54) is 23.3 Å². The predicted molar refractivity (Wildman–Crippen MR) is 137 cm³/mol. The van der Waals surface area contributed by atoms with E-state index in [2.05, 4.69) is 40.1 Å². The average molecular weight is 498 g/mol. The van der Waals surface area contributed by atoms with Crippen molar-refractivity contribution in [1.82, 2.24) is 4.90 Å². The highest BCUT2D eigenvalue weighted by molar-refractivity contribution is 7.92. The zero-order valence-electron chi connectivity index (χ0n) is 19.0. The molecule has 6 nitrogen and oxygen atoms in total. The highest BCUT2D eigenvalue weighted by Gasteiger charge is 2.25. The number of likely N-dealkylation sites (tertiary alicyclic amines) is 1. The standard InChI is InChI=1S/C26H28ClN3O3S/c1-19-4-2-3-5-21(19)18-30-16-14-20(15-17-30)26(31)28-23-10-12-25(13-11-23)34(32,33)29-24-8-6-22(27)7-9-24/h2-13,20,29H,14-18H2,1H3,(H,28,31). The monoisotopic (exact) mass is 497 g/mol. The van der Waals surface area contributed by atoms with Gasteiger partial charge >= 0.3 is 0 Å². The fourth-order valence-electron chi connectivity index (χ4n) is 4.08. The van der Waals surface area contributed by atoms with E-state index in [4.69, 9.17) is 11.6 Å². The number of aryl methyl sites for hydroxylation is 1. The van der Waals surface area contributed by atoms with Crippen LogP contribution >= 0.6 is 11.6 Å². The Morgan fingerprint density at radius 2 is 1.56 bits per heavy atom. The number of rotatable bonds is 7. The van der Waals surface area contributed by atoms with Crippen molar-refractivity contribution in [3.63, 3.8) is 0 Å². The first-order valence-electron chi connectivity index (χ1n) is 11.3. The van der Waals surface area contributed by atoms with E-state index in [-0.39, 0.29) is 16.7 Å². The van der Waals surface area contributed by atoms with Crippen LogP contribution in [0.4, 0.5) is 11.4 Å². The molecular weight excluding hydrogens is 470 g/mol. The lowest BCUT2D eigenvalue weighted by Gasteiger charge is -2.31. The van der Waals surface area contributed by atoms with Crippen LogP contribution in [0.2, 0.25) is 5.02 Å². The smallest absolute Gasteiger partial charge is 0.261 e. The van der Waals surface area contributed by atoms with Crippen molar-refractivity contribution in [3.05, 3.63) is 88.9 Å². The number of nitrogens with one attached hydrogen (secondary N) is 2. The topological polar surface area (TPSA) is 78.5 Å². The lowest BCUT2D eigenvalue weighted by Crippen LogP contribution is -2.37. The number of sulfonamides is 1. The quantitative estimate of drug-likeness (QED) is 0.464. The minimum atomic E-state index is -3.74. The van der Waals surface area contributed by atoms with Crippen LogP contribution in [0.1, 0.15) is 24.0 Å². The van der Waals surface area contributed by atoms with Crippen molar-refractivity contribution in [2.24, 2.45) is 5.92 Å². The molecule has 1 fully saturated rings. The van der Waals surface area contributed by atoms with Crippen LogP contribution in [0, 0.1) is 12.8 Å². The number of benzene rings is 3. The van der Waals surface area contributed by atoms with Crippen molar-refractivity contribution in [1.29, 1.82) is 0 Å². The molecule has 34 heavy (non-hydrogen) atoms. The number of hydrogen-bond acceptors (Lipinski definition) is 4. The van der Waals surface area contributed by atoms with Crippen molar-refractivity contribution in [2.45, 2.75) is 31.2 Å². The minimum absolute atomic E-state index is 0.0227. The second kappa shape index (κ2) is 10.6. The van der Waals surface area contributed by atoms with E-state index in [9.17, 15) is 13.2 Å². The third kappa shape index (κ3) is 6.17. The van der Waals surface area contributed by atoms with E-state index in [1.54, 1.807) is 36.4 Å². The van der Waals surface area contributed by atoms with Gasteiger partial charge < -0.3 is 5.32 Å². The molecule has 4 rings (SSSR count). The maximum Gasteiger partial charge on any atom is 0.261 e. The molecule has 8 heteroatoms. The Morgan fingerprint density at radius 3 is 2.21 bits per heavy atom. The number of amides is 1. The van der Waals surface area contributed by atoms with Gasteiger partial charge in [-0.3, -0.25) is 14.4 Å². The van der Waals surface area contributed by atoms with E-state index >= 15 is 0 Å². The summed E-state index contributed by atoms with van der Waals surface area (Å²) in [5.74, 6) is -0.0754. The van der Waals surface area contributed by atoms with Gasteiger partial charge in [-0.15, -0.1) is 0 Å². The maximum absolute atomic E-state index is 12.8. The molecule has 0 aromatic heterocycles. The largest absolute Gasteiger partial charge is 0.326 e. The molecule has 0 saturated carbocycles. The number of hydrogen-bond donors (Lipinski definition) is 2. The Bertz CT molecular complexity index is 1240. The molecule has 0 spiro atoms. The molecule has 178 valence electrons. The van der Waals surface area contributed by atoms with Gasteiger partial charge in [0.2, 0.25) is 5.91 Å². The van der Waals surface area contributed by atoms with Gasteiger partial charge in [-0.2, -0.15) is 0 Å². The number of anilines is 2. The van der Waals surface area contributed by atoms with Crippen LogP contribution in [-0.4, -0.2) is 32.3 Å². The highest BCUT2D eigenvalue weighted by atomic mass is 35.5. The number of nitrogens with zero attached hydrogens (tertiary/aromatic N) is 1. The van der Waals surface area contributed by atoms with Gasteiger partial charge in [0.15, 0.2) is 0 Å². The van der Waals surface area contributed by atoms with Gasteiger partial charge in [0.25, 0.3) is 10.0 Å². The van der Waals surface area contributed by atoms with E-state index in [0.29, 0.717) is 16.4 Å². The third-order valence-corrected chi connectivity index (χ3v) is 7.79. The molecule has 0 radical (unpaired) electrons. The van der Waals surface area contributed by atoms with Crippen LogP contribution in [0.5, 0.6) is 0 Å². The predicted octanol–water partition coefficient (Wildman–Crippen LogP) is 5.30. The number of carbonyl (C=O) groups excluding carboxylic acids is 1. The van der Waals surface area contributed by atoms with Crippen LogP contribution in [0.15, 0.2) is 77.7 Å². The first kappa shape index (κ1) is 24.3. The number of halogens is 1. The Kier molecular flexibility index (Phi) is 7.56. The Labute approximate surface area is 206 Å². The highest BCUT2D eigenvalue weighted by Crippen LogP contribution is 2.23. The fourth-order valence-corrected chi connectivity index (χ4v) is 5.26. The lowest BCUT2D eigenvalue weighted by molar-refractivity contribution is -0.121. The summed E-state index contributed by atoms with van der Waals surface area (Å²) in [5, 5.41) is 3.46. The molecule has 0 aliphatic carbocycles. The van der Waals surface area contributed by atoms with Crippen molar-refractivity contribution < 1.29 is 13.2 Å². The summed E-state index contributed by atoms with van der Waals surface area (Å²) in [6.45, 7) is 4.78. The van der Waals surface area contributed by atoms with Crippen molar-refractivity contribution in [2.75, 3.05) is 23.1 Å². The van der Waals surface area contributed by atoms with Crippen LogP contribution in [-0.2, 0) is 21.4 Å². The van der Waals surface area contributed by atoms with E-state index in [1.807, 2.05) is 6.07 Å². The summed E-state index contributed by atoms with van der Waals surface area (Å²) in [5.41, 5.74) is 3.62. The van der Waals surface area contributed by atoms with Gasteiger partial charge in [-0.05, 0) is 92.5 Å². The van der Waals surface area contributed by atoms with E-state index in [0.717, 1.165) is 32.5 Å². The second-order valence-electron chi connectivity index (χ2n) is 8.60. The van der Waals surface area contributed by atoms with Gasteiger partial charge in [-0.25, -0.2) is 8.42 Å². The molecule has 0 atom stereocenters. The molecule has 1 heterocycles. The molecule has 1 amide bonds. The molecule has 3 aromatic rings. The number of piperidine rings is 1. The van der Waals surface area contributed by atoms with Crippen LogP contribution in [0.25, 0.3) is 0 Å². The lowest BCUT2D eigenvalue weighted by atomic mass is 9.95. The summed E-state index contributed by atoms with van der Waals surface area (Å²) < 4.78 is 27.7. The summed E-state index contributed by atoms with van der Waals surface area (Å²) >= 11 is 5.85. The van der Waals surface area contributed by atoms with Crippen LogP contribution < -0.4 is 10.0 Å².